The first-order chi connectivity index (χ1) is 7.70. The predicted octanol–water partition coefficient (Wildman–Crippen LogP) is 1.39. The van der Waals surface area contributed by atoms with Crippen molar-refractivity contribution in [3.05, 3.63) is 6.33 Å². The highest BCUT2D eigenvalue weighted by Crippen LogP contribution is 2.17. The number of nitrogens with zero attached hydrogens (tertiary/aromatic N) is 3. The van der Waals surface area contributed by atoms with E-state index < -0.39 is 0 Å². The molecule has 0 radical (unpaired) electrons. The van der Waals surface area contributed by atoms with Crippen LogP contribution >= 0.6 is 0 Å². The summed E-state index contributed by atoms with van der Waals surface area (Å²) in [5, 5.41) is 3.26. The lowest BCUT2D eigenvalue weighted by Crippen LogP contribution is -2.12. The van der Waals surface area contributed by atoms with Crippen LogP contribution in [0.5, 0.6) is 0 Å². The third-order valence-corrected chi connectivity index (χ3v) is 2.62. The second-order valence-electron chi connectivity index (χ2n) is 3.93. The first-order valence-electron chi connectivity index (χ1n) is 5.41. The molecule has 4 N–H and O–H groups in total. The van der Waals surface area contributed by atoms with Crippen LogP contribution < -0.4 is 11.1 Å². The molecule has 6 heteroatoms. The van der Waals surface area contributed by atoms with E-state index >= 15 is 0 Å². The lowest BCUT2D eigenvalue weighted by atomic mass is 10.1. The average Bonchev–Trinajstić information content (AvgIpc) is 2.73. The Kier molecular flexibility index (Phi) is 2.89. The lowest BCUT2D eigenvalue weighted by molar-refractivity contribution is 0.593. The van der Waals surface area contributed by atoms with Gasteiger partial charge in [0, 0.05) is 6.54 Å². The molecule has 0 bridgehead atoms. The van der Waals surface area contributed by atoms with E-state index in [-0.39, 0.29) is 5.95 Å². The molecule has 2 aromatic rings. The molecule has 2 rings (SSSR count). The van der Waals surface area contributed by atoms with Gasteiger partial charge in [-0.1, -0.05) is 20.3 Å². The minimum atomic E-state index is 0.242. The van der Waals surface area contributed by atoms with E-state index in [1.54, 1.807) is 6.33 Å². The van der Waals surface area contributed by atoms with Gasteiger partial charge in [0.1, 0.15) is 5.52 Å². The number of aromatic amines is 1. The maximum absolute atomic E-state index is 5.61. The number of hydrogen-bond donors (Lipinski definition) is 3. The van der Waals surface area contributed by atoms with Crippen LogP contribution in [-0.4, -0.2) is 26.5 Å². The van der Waals surface area contributed by atoms with E-state index in [1.807, 2.05) is 0 Å². The lowest BCUT2D eigenvalue weighted by Gasteiger charge is -2.11. The molecule has 0 saturated carbocycles. The summed E-state index contributed by atoms with van der Waals surface area (Å²) < 4.78 is 0. The summed E-state index contributed by atoms with van der Waals surface area (Å²) in [6.45, 7) is 5.20. The van der Waals surface area contributed by atoms with Gasteiger partial charge in [-0.2, -0.15) is 9.97 Å². The van der Waals surface area contributed by atoms with Gasteiger partial charge in [-0.05, 0) is 5.92 Å². The van der Waals surface area contributed by atoms with Crippen molar-refractivity contribution >= 4 is 22.9 Å². The van der Waals surface area contributed by atoms with Gasteiger partial charge in [-0.15, -0.1) is 0 Å². The van der Waals surface area contributed by atoms with Crippen molar-refractivity contribution in [2.75, 3.05) is 17.6 Å². The van der Waals surface area contributed by atoms with Crippen molar-refractivity contribution in [1.29, 1.82) is 0 Å². The first-order valence-corrected chi connectivity index (χ1v) is 5.41. The Hall–Kier alpha value is -1.85. The van der Waals surface area contributed by atoms with Gasteiger partial charge in [0.25, 0.3) is 0 Å². The average molecular weight is 220 g/mol. The van der Waals surface area contributed by atoms with E-state index in [4.69, 9.17) is 5.73 Å². The fraction of sp³-hybridized carbons (Fsp3) is 0.500. The SMILES string of the molecule is CCC(C)CNc1nc(N)nc2nc[nH]c12. The van der Waals surface area contributed by atoms with Gasteiger partial charge in [0.2, 0.25) is 5.95 Å². The summed E-state index contributed by atoms with van der Waals surface area (Å²) in [4.78, 5) is 15.3. The number of nitrogens with one attached hydrogen (secondary N) is 2. The molecule has 0 spiro atoms. The van der Waals surface area contributed by atoms with Gasteiger partial charge >= 0.3 is 0 Å². The van der Waals surface area contributed by atoms with E-state index in [2.05, 4.69) is 39.1 Å². The minimum Gasteiger partial charge on any atom is -0.368 e. The van der Waals surface area contributed by atoms with Crippen LogP contribution in [-0.2, 0) is 0 Å². The summed E-state index contributed by atoms with van der Waals surface area (Å²) >= 11 is 0. The largest absolute Gasteiger partial charge is 0.368 e. The molecule has 86 valence electrons. The number of nitrogen functional groups attached to an aromatic ring is 1. The third-order valence-electron chi connectivity index (χ3n) is 2.62. The molecular weight excluding hydrogens is 204 g/mol. The van der Waals surface area contributed by atoms with Crippen LogP contribution in [0, 0.1) is 5.92 Å². The Balaban J connectivity index is 2.25. The van der Waals surface area contributed by atoms with E-state index in [0.717, 1.165) is 24.3 Å². The van der Waals surface area contributed by atoms with Crippen molar-refractivity contribution in [1.82, 2.24) is 19.9 Å². The summed E-state index contributed by atoms with van der Waals surface area (Å²) in [5.74, 6) is 1.56. The second-order valence-corrected chi connectivity index (χ2v) is 3.93. The van der Waals surface area contributed by atoms with Crippen molar-refractivity contribution in [3.63, 3.8) is 0 Å². The minimum absolute atomic E-state index is 0.242. The number of H-pyrrole nitrogens is 1. The highest BCUT2D eigenvalue weighted by molar-refractivity contribution is 5.83. The Labute approximate surface area is 93.7 Å². The number of nitrogens with two attached hydrogens (primary N) is 1. The molecule has 0 amide bonds. The molecule has 2 aromatic heterocycles. The summed E-state index contributed by atoms with van der Waals surface area (Å²) in [5.41, 5.74) is 7.01. The monoisotopic (exact) mass is 220 g/mol. The molecular formula is C10H16N6. The number of rotatable bonds is 4. The maximum Gasteiger partial charge on any atom is 0.224 e. The van der Waals surface area contributed by atoms with Crippen LogP contribution in [0.3, 0.4) is 0 Å². The summed E-state index contributed by atoms with van der Waals surface area (Å²) in [6.07, 6.45) is 2.72. The van der Waals surface area contributed by atoms with Crippen molar-refractivity contribution < 1.29 is 0 Å². The molecule has 0 fully saturated rings. The normalized spacial score (nSPS) is 12.9. The molecule has 16 heavy (non-hydrogen) atoms. The highest BCUT2D eigenvalue weighted by Gasteiger charge is 2.08. The molecule has 2 heterocycles. The molecule has 1 unspecified atom stereocenters. The number of hydrogen-bond acceptors (Lipinski definition) is 5. The Morgan fingerprint density at radius 3 is 3.06 bits per heavy atom. The molecule has 0 aliphatic carbocycles. The second kappa shape index (κ2) is 4.34. The number of fused-ring (bicyclic) bond motifs is 1. The molecule has 6 nitrogen and oxygen atoms in total. The molecule has 0 aliphatic heterocycles. The van der Waals surface area contributed by atoms with Gasteiger partial charge in [-0.3, -0.25) is 0 Å². The van der Waals surface area contributed by atoms with E-state index in [9.17, 15) is 0 Å². The van der Waals surface area contributed by atoms with Crippen LogP contribution in [0.1, 0.15) is 20.3 Å². The van der Waals surface area contributed by atoms with Crippen molar-refractivity contribution in [2.45, 2.75) is 20.3 Å². The number of aromatic nitrogens is 4. The number of anilines is 2. The maximum atomic E-state index is 5.61. The van der Waals surface area contributed by atoms with Crippen LogP contribution in [0.4, 0.5) is 11.8 Å². The predicted molar refractivity (Wildman–Crippen MR) is 64.0 cm³/mol. The smallest absolute Gasteiger partial charge is 0.224 e. The quantitative estimate of drug-likeness (QED) is 0.724. The van der Waals surface area contributed by atoms with Crippen molar-refractivity contribution in [2.24, 2.45) is 5.92 Å². The Morgan fingerprint density at radius 2 is 2.31 bits per heavy atom. The first kappa shape index (κ1) is 10.7. The highest BCUT2D eigenvalue weighted by atomic mass is 15.1. The number of imidazole rings is 1. The molecule has 1 atom stereocenters. The van der Waals surface area contributed by atoms with Crippen LogP contribution in [0.15, 0.2) is 6.33 Å². The standard InChI is InChI=1S/C10H16N6/c1-3-6(2)4-12-8-7-9(14-5-13-7)16-10(11)15-8/h5-6H,3-4H2,1-2H3,(H4,11,12,13,14,15,16). The third kappa shape index (κ3) is 2.05. The zero-order valence-corrected chi connectivity index (χ0v) is 9.49. The molecule has 0 saturated heterocycles. The fourth-order valence-electron chi connectivity index (χ4n) is 1.39. The van der Waals surface area contributed by atoms with Gasteiger partial charge < -0.3 is 16.0 Å². The zero-order valence-electron chi connectivity index (χ0n) is 9.49. The van der Waals surface area contributed by atoms with E-state index in [0.29, 0.717) is 11.6 Å². The van der Waals surface area contributed by atoms with Crippen molar-refractivity contribution in [3.8, 4) is 0 Å². The fourth-order valence-corrected chi connectivity index (χ4v) is 1.39. The van der Waals surface area contributed by atoms with Gasteiger partial charge in [0.05, 0.1) is 6.33 Å². The van der Waals surface area contributed by atoms with Gasteiger partial charge in [0.15, 0.2) is 11.5 Å². The molecule has 0 aromatic carbocycles. The topological polar surface area (TPSA) is 92.5 Å². The summed E-state index contributed by atoms with van der Waals surface area (Å²) in [6, 6.07) is 0. The Morgan fingerprint density at radius 1 is 1.50 bits per heavy atom. The van der Waals surface area contributed by atoms with Gasteiger partial charge in [-0.25, -0.2) is 4.98 Å². The Bertz CT molecular complexity index is 477. The van der Waals surface area contributed by atoms with Crippen LogP contribution in [0.25, 0.3) is 11.2 Å². The zero-order chi connectivity index (χ0) is 11.5. The van der Waals surface area contributed by atoms with Crippen LogP contribution in [0.2, 0.25) is 0 Å². The van der Waals surface area contributed by atoms with E-state index in [1.165, 1.54) is 0 Å². The molecule has 0 aliphatic rings. The summed E-state index contributed by atoms with van der Waals surface area (Å²) in [7, 11) is 0.